The lowest BCUT2D eigenvalue weighted by atomic mass is 10.0. The van der Waals surface area contributed by atoms with Crippen molar-refractivity contribution in [2.24, 2.45) is 0 Å². The van der Waals surface area contributed by atoms with Gasteiger partial charge in [-0.2, -0.15) is 11.8 Å². The van der Waals surface area contributed by atoms with E-state index in [4.69, 9.17) is 4.74 Å². The van der Waals surface area contributed by atoms with Crippen molar-refractivity contribution in [2.45, 2.75) is 64.3 Å². The molecule has 1 aliphatic rings. The van der Waals surface area contributed by atoms with Gasteiger partial charge in [-0.05, 0) is 62.0 Å². The Morgan fingerprint density at radius 1 is 1.15 bits per heavy atom. The topological polar surface area (TPSA) is 117 Å². The molecule has 1 aliphatic heterocycles. The summed E-state index contributed by atoms with van der Waals surface area (Å²) in [5.41, 5.74) is 0.401. The number of carbonyl (C=O) groups is 4. The van der Waals surface area contributed by atoms with E-state index in [1.807, 2.05) is 47.6 Å². The zero-order valence-electron chi connectivity index (χ0n) is 23.2. The molecule has 1 fully saturated rings. The number of benzene rings is 2. The van der Waals surface area contributed by atoms with Crippen molar-refractivity contribution in [3.63, 3.8) is 0 Å². The Morgan fingerprint density at radius 3 is 2.59 bits per heavy atom. The first-order valence-electron chi connectivity index (χ1n) is 13.3. The Morgan fingerprint density at radius 2 is 1.90 bits per heavy atom. The molecule has 39 heavy (non-hydrogen) atoms. The summed E-state index contributed by atoms with van der Waals surface area (Å²) in [7, 11) is 0. The van der Waals surface area contributed by atoms with Crippen molar-refractivity contribution in [3.05, 3.63) is 48.0 Å². The number of esters is 1. The molecule has 0 aliphatic carbocycles. The van der Waals surface area contributed by atoms with E-state index < -0.39 is 23.7 Å². The van der Waals surface area contributed by atoms with Gasteiger partial charge in [-0.3, -0.25) is 19.3 Å². The van der Waals surface area contributed by atoms with E-state index in [2.05, 4.69) is 22.0 Å². The van der Waals surface area contributed by atoms with E-state index in [9.17, 15) is 19.2 Å². The first-order valence-corrected chi connectivity index (χ1v) is 14.7. The molecule has 2 aromatic rings. The zero-order chi connectivity index (χ0) is 28.4. The summed E-state index contributed by atoms with van der Waals surface area (Å²) in [6.45, 7) is 6.64. The maximum atomic E-state index is 13.2. The van der Waals surface area contributed by atoms with Gasteiger partial charge in [0.25, 0.3) is 0 Å². The molecule has 10 heteroatoms. The molecule has 0 aromatic heterocycles. The van der Waals surface area contributed by atoms with Gasteiger partial charge >= 0.3 is 5.97 Å². The molecular weight excluding hydrogens is 516 g/mol. The third-order valence-corrected chi connectivity index (χ3v) is 6.96. The van der Waals surface area contributed by atoms with Crippen LogP contribution in [0.3, 0.4) is 0 Å². The normalized spacial score (nSPS) is 16.1. The maximum Gasteiger partial charge on any atom is 0.329 e. The van der Waals surface area contributed by atoms with E-state index in [1.165, 1.54) is 0 Å². The number of carbonyl (C=O) groups excluding carboxylic acids is 4. The van der Waals surface area contributed by atoms with Gasteiger partial charge in [-0.1, -0.05) is 42.5 Å². The molecule has 0 spiro atoms. The van der Waals surface area contributed by atoms with Gasteiger partial charge in [0.2, 0.25) is 17.7 Å². The fourth-order valence-corrected chi connectivity index (χ4v) is 4.93. The molecule has 212 valence electrons. The molecular formula is C29H40N4O5S. The minimum atomic E-state index is -0.741. The van der Waals surface area contributed by atoms with Crippen molar-refractivity contribution < 1.29 is 23.9 Å². The molecule has 0 bridgehead atoms. The Kier molecular flexibility index (Phi) is 11.2. The fourth-order valence-electron chi connectivity index (χ4n) is 4.46. The zero-order valence-corrected chi connectivity index (χ0v) is 24.1. The van der Waals surface area contributed by atoms with E-state index in [1.54, 1.807) is 32.5 Å². The summed E-state index contributed by atoms with van der Waals surface area (Å²) in [5.74, 6) is -0.381. The number of hydrogen-bond donors (Lipinski definition) is 3. The lowest BCUT2D eigenvalue weighted by Crippen LogP contribution is -2.49. The van der Waals surface area contributed by atoms with E-state index in [-0.39, 0.29) is 24.3 Å². The minimum absolute atomic E-state index is 0.0395. The molecule has 2 aromatic carbocycles. The highest BCUT2D eigenvalue weighted by Gasteiger charge is 2.28. The van der Waals surface area contributed by atoms with Gasteiger partial charge in [-0.25, -0.2) is 4.79 Å². The quantitative estimate of drug-likeness (QED) is 0.325. The van der Waals surface area contributed by atoms with Crippen molar-refractivity contribution in [2.75, 3.05) is 31.6 Å². The van der Waals surface area contributed by atoms with Gasteiger partial charge in [-0.15, -0.1) is 0 Å². The molecule has 0 saturated carbocycles. The number of nitrogens with one attached hydrogen (secondary N) is 3. The summed E-state index contributed by atoms with van der Waals surface area (Å²) in [5, 5.41) is 10.6. The Bertz CT molecular complexity index is 1160. The van der Waals surface area contributed by atoms with Gasteiger partial charge in [0.05, 0.1) is 6.54 Å². The van der Waals surface area contributed by atoms with Crippen LogP contribution in [-0.4, -0.2) is 77.9 Å². The first-order chi connectivity index (χ1) is 18.6. The average Bonchev–Trinajstić information content (AvgIpc) is 3.32. The standard InChI is InChI=1S/C29H40N4O5S/c1-29(2,3)38-28(37)24(14-17-39-4)32-26(35)19-33(16-15-30-27(36)23-12-13-25(34)31-23)18-21-10-7-9-20-8-5-6-11-22(20)21/h5-11,23-24H,12-19H2,1-4H3,(H,30,36)(H,31,34)(H,32,35)/t23?,24-/m0/s1. The van der Waals surface area contributed by atoms with Crippen LogP contribution in [0.2, 0.25) is 0 Å². The third kappa shape index (κ3) is 9.85. The number of amides is 3. The van der Waals surface area contributed by atoms with Gasteiger partial charge in [0, 0.05) is 26.1 Å². The second kappa shape index (κ2) is 14.3. The molecule has 3 N–H and O–H groups in total. The van der Waals surface area contributed by atoms with Gasteiger partial charge in [0.1, 0.15) is 17.7 Å². The lowest BCUT2D eigenvalue weighted by molar-refractivity contribution is -0.158. The molecule has 9 nitrogen and oxygen atoms in total. The Balaban J connectivity index is 1.70. The predicted molar refractivity (Wildman–Crippen MR) is 154 cm³/mol. The van der Waals surface area contributed by atoms with E-state index in [0.717, 1.165) is 16.3 Å². The number of hydrogen-bond acceptors (Lipinski definition) is 7. The molecule has 2 atom stereocenters. The van der Waals surface area contributed by atoms with Gasteiger partial charge < -0.3 is 20.7 Å². The van der Waals surface area contributed by atoms with E-state index in [0.29, 0.717) is 44.6 Å². The first kappa shape index (κ1) is 30.4. The monoisotopic (exact) mass is 556 g/mol. The minimum Gasteiger partial charge on any atom is -0.458 e. The predicted octanol–water partition coefficient (Wildman–Crippen LogP) is 2.62. The third-order valence-electron chi connectivity index (χ3n) is 6.32. The average molecular weight is 557 g/mol. The van der Waals surface area contributed by atoms with Crippen LogP contribution >= 0.6 is 11.8 Å². The molecule has 1 heterocycles. The number of fused-ring (bicyclic) bond motifs is 1. The number of rotatable bonds is 13. The van der Waals surface area contributed by atoms with Crippen molar-refractivity contribution in [3.8, 4) is 0 Å². The van der Waals surface area contributed by atoms with Crippen LogP contribution in [0.5, 0.6) is 0 Å². The summed E-state index contributed by atoms with van der Waals surface area (Å²) >= 11 is 1.60. The van der Waals surface area contributed by atoms with Crippen LogP contribution in [-0.2, 0) is 30.5 Å². The Labute approximate surface area is 234 Å². The second-order valence-corrected chi connectivity index (χ2v) is 11.7. The fraction of sp³-hybridized carbons (Fsp3) is 0.517. The largest absolute Gasteiger partial charge is 0.458 e. The van der Waals surface area contributed by atoms with Crippen LogP contribution < -0.4 is 16.0 Å². The molecule has 3 rings (SSSR count). The van der Waals surface area contributed by atoms with E-state index >= 15 is 0 Å². The molecule has 0 radical (unpaired) electrons. The summed E-state index contributed by atoms with van der Waals surface area (Å²) in [4.78, 5) is 51.9. The summed E-state index contributed by atoms with van der Waals surface area (Å²) in [6.07, 6.45) is 3.25. The lowest BCUT2D eigenvalue weighted by Gasteiger charge is -2.26. The highest BCUT2D eigenvalue weighted by Crippen LogP contribution is 2.20. The van der Waals surface area contributed by atoms with Crippen LogP contribution in [0.15, 0.2) is 42.5 Å². The van der Waals surface area contributed by atoms with Crippen molar-refractivity contribution in [1.29, 1.82) is 0 Å². The second-order valence-electron chi connectivity index (χ2n) is 10.7. The van der Waals surface area contributed by atoms with Crippen LogP contribution in [0, 0.1) is 0 Å². The van der Waals surface area contributed by atoms with Crippen LogP contribution in [0.4, 0.5) is 0 Å². The highest BCUT2D eigenvalue weighted by atomic mass is 32.2. The van der Waals surface area contributed by atoms with Crippen molar-refractivity contribution >= 4 is 46.2 Å². The molecule has 1 saturated heterocycles. The molecule has 3 amide bonds. The van der Waals surface area contributed by atoms with Crippen LogP contribution in [0.1, 0.15) is 45.6 Å². The molecule has 1 unspecified atom stereocenters. The highest BCUT2D eigenvalue weighted by molar-refractivity contribution is 7.98. The van der Waals surface area contributed by atoms with Gasteiger partial charge in [0.15, 0.2) is 0 Å². The number of nitrogens with zero attached hydrogens (tertiary/aromatic N) is 1. The number of ether oxygens (including phenoxy) is 1. The van der Waals surface area contributed by atoms with Crippen molar-refractivity contribution in [1.82, 2.24) is 20.9 Å². The Hall–Kier alpha value is -3.11. The summed E-state index contributed by atoms with van der Waals surface area (Å²) in [6, 6.07) is 12.9. The SMILES string of the molecule is CSCC[C@H](NC(=O)CN(CCNC(=O)C1CCC(=O)N1)Cc1cccc2ccccc12)C(=O)OC(C)(C)C. The number of thioether (sulfide) groups is 1. The maximum absolute atomic E-state index is 13.2. The summed E-state index contributed by atoms with van der Waals surface area (Å²) < 4.78 is 5.54. The van der Waals surface area contributed by atoms with Crippen LogP contribution in [0.25, 0.3) is 10.8 Å². The smallest absolute Gasteiger partial charge is 0.329 e.